The molecule has 0 bridgehead atoms. The minimum Gasteiger partial charge on any atom is -0.310 e. The van der Waals surface area contributed by atoms with E-state index in [0.717, 1.165) is 17.1 Å². The molecule has 0 saturated carbocycles. The molecule has 0 fully saturated rings. The first-order valence-corrected chi connectivity index (χ1v) is 25.9. The quantitative estimate of drug-likeness (QED) is 0.0924. The van der Waals surface area contributed by atoms with Crippen LogP contribution in [0.1, 0.15) is 22.3 Å². The Kier molecular flexibility index (Phi) is 10.9. The molecule has 0 unspecified atom stereocenters. The molecule has 1 aliphatic rings. The third kappa shape index (κ3) is 7.08. The molecule has 0 aromatic heterocycles. The summed E-state index contributed by atoms with van der Waals surface area (Å²) in [4.78, 5) is 2.46. The van der Waals surface area contributed by atoms with Gasteiger partial charge in [0.25, 0.3) is 0 Å². The molecule has 11 aromatic rings. The summed E-state index contributed by atoms with van der Waals surface area (Å²) in [7, 11) is -2.64. The monoisotopic (exact) mass is 895 g/mol. The molecule has 12 rings (SSSR count). The van der Waals surface area contributed by atoms with Gasteiger partial charge in [-0.3, -0.25) is 0 Å². The summed E-state index contributed by atoms with van der Waals surface area (Å²) in [6.45, 7) is 0. The van der Waals surface area contributed by atoms with Gasteiger partial charge in [-0.25, -0.2) is 0 Å². The summed E-state index contributed by atoms with van der Waals surface area (Å²) >= 11 is 0. The van der Waals surface area contributed by atoms with Crippen LogP contribution in [-0.2, 0) is 5.41 Å². The lowest BCUT2D eigenvalue weighted by molar-refractivity contribution is 0.768. The van der Waals surface area contributed by atoms with Crippen molar-refractivity contribution in [2.45, 2.75) is 5.41 Å². The van der Waals surface area contributed by atoms with Crippen LogP contribution in [0, 0.1) is 0 Å². The topological polar surface area (TPSA) is 3.24 Å². The summed E-state index contributed by atoms with van der Waals surface area (Å²) in [5.74, 6) is 0. The van der Waals surface area contributed by atoms with Crippen LogP contribution in [0.2, 0.25) is 0 Å². The van der Waals surface area contributed by atoms with Gasteiger partial charge in [-0.15, -0.1) is 0 Å². The SMILES string of the molecule is c1ccc(-c2ccccc2N(c2ccc(-c3ccc([Si](c4ccccc4)(c4ccccc4)c4ccccc4)cc3)cc2)c2ccc3c(c2)C(c2ccccc2)(c2ccccc2)c2ccccc2-3)cc1. The second-order valence-electron chi connectivity index (χ2n) is 17.9. The minimum atomic E-state index is -2.64. The van der Waals surface area contributed by atoms with Crippen molar-refractivity contribution >= 4 is 45.9 Å². The maximum Gasteiger partial charge on any atom is 0.179 e. The lowest BCUT2D eigenvalue weighted by Gasteiger charge is -2.35. The van der Waals surface area contributed by atoms with Crippen molar-refractivity contribution in [2.75, 3.05) is 4.90 Å². The van der Waals surface area contributed by atoms with Crippen molar-refractivity contribution in [3.8, 4) is 33.4 Å². The van der Waals surface area contributed by atoms with E-state index in [1.807, 2.05) is 0 Å². The van der Waals surface area contributed by atoms with E-state index in [1.165, 1.54) is 76.4 Å². The summed E-state index contributed by atoms with van der Waals surface area (Å²) in [5, 5.41) is 5.47. The van der Waals surface area contributed by atoms with Crippen molar-refractivity contribution in [2.24, 2.45) is 0 Å². The molecule has 69 heavy (non-hydrogen) atoms. The number of hydrogen-bond donors (Lipinski definition) is 0. The summed E-state index contributed by atoms with van der Waals surface area (Å²) in [6.07, 6.45) is 0. The maximum absolute atomic E-state index is 2.64. The van der Waals surface area contributed by atoms with Gasteiger partial charge < -0.3 is 4.90 Å². The molecule has 0 N–H and O–H groups in total. The molecular formula is C67H49NSi. The van der Waals surface area contributed by atoms with Crippen LogP contribution < -0.4 is 25.6 Å². The van der Waals surface area contributed by atoms with Gasteiger partial charge in [0.05, 0.1) is 11.1 Å². The largest absolute Gasteiger partial charge is 0.310 e. The normalized spacial score (nSPS) is 12.5. The lowest BCUT2D eigenvalue weighted by Crippen LogP contribution is -2.74. The Bertz CT molecular complexity index is 3370. The Morgan fingerprint density at radius 2 is 0.652 bits per heavy atom. The molecule has 0 radical (unpaired) electrons. The third-order valence-electron chi connectivity index (χ3n) is 14.3. The average molecular weight is 896 g/mol. The molecule has 0 spiro atoms. The molecule has 0 heterocycles. The van der Waals surface area contributed by atoms with Gasteiger partial charge in [0.15, 0.2) is 8.07 Å². The average Bonchev–Trinajstić information content (AvgIpc) is 3.74. The van der Waals surface area contributed by atoms with Crippen LogP contribution in [0.3, 0.4) is 0 Å². The molecule has 0 saturated heterocycles. The third-order valence-corrected chi connectivity index (χ3v) is 19.1. The highest BCUT2D eigenvalue weighted by molar-refractivity contribution is 7.19. The Morgan fingerprint density at radius 1 is 0.261 bits per heavy atom. The predicted molar refractivity (Wildman–Crippen MR) is 293 cm³/mol. The molecular weight excluding hydrogens is 847 g/mol. The van der Waals surface area contributed by atoms with Gasteiger partial charge in [-0.2, -0.15) is 0 Å². The first-order valence-electron chi connectivity index (χ1n) is 23.9. The summed E-state index contributed by atoms with van der Waals surface area (Å²) < 4.78 is 0. The Morgan fingerprint density at radius 3 is 1.19 bits per heavy atom. The van der Waals surface area contributed by atoms with E-state index in [2.05, 4.69) is 302 Å². The van der Waals surface area contributed by atoms with Crippen LogP contribution in [0.15, 0.2) is 297 Å². The number of hydrogen-bond acceptors (Lipinski definition) is 1. The van der Waals surface area contributed by atoms with Crippen LogP contribution >= 0.6 is 0 Å². The zero-order chi connectivity index (χ0) is 46.0. The van der Waals surface area contributed by atoms with Crippen LogP contribution in [-0.4, -0.2) is 8.07 Å². The first kappa shape index (κ1) is 41.8. The highest BCUT2D eigenvalue weighted by Crippen LogP contribution is 2.57. The summed E-state index contributed by atoms with van der Waals surface area (Å²) in [5.41, 5.74) is 15.1. The fourth-order valence-electron chi connectivity index (χ4n) is 11.3. The Hall–Kier alpha value is -8.56. The van der Waals surface area contributed by atoms with Crippen molar-refractivity contribution in [1.82, 2.24) is 0 Å². The van der Waals surface area contributed by atoms with Crippen LogP contribution in [0.5, 0.6) is 0 Å². The van der Waals surface area contributed by atoms with Gasteiger partial charge >= 0.3 is 0 Å². The van der Waals surface area contributed by atoms with Gasteiger partial charge in [0.2, 0.25) is 0 Å². The van der Waals surface area contributed by atoms with E-state index in [-0.39, 0.29) is 0 Å². The lowest BCUT2D eigenvalue weighted by atomic mass is 9.67. The molecule has 11 aromatic carbocycles. The molecule has 1 nitrogen and oxygen atoms in total. The van der Waals surface area contributed by atoms with E-state index in [4.69, 9.17) is 0 Å². The van der Waals surface area contributed by atoms with E-state index in [0.29, 0.717) is 0 Å². The summed E-state index contributed by atoms with van der Waals surface area (Å²) in [6, 6.07) is 110. The number of nitrogens with zero attached hydrogens (tertiary/aromatic N) is 1. The van der Waals surface area contributed by atoms with E-state index >= 15 is 0 Å². The highest BCUT2D eigenvalue weighted by atomic mass is 28.3. The van der Waals surface area contributed by atoms with Crippen LogP contribution in [0.25, 0.3) is 33.4 Å². The number of anilines is 3. The van der Waals surface area contributed by atoms with Gasteiger partial charge in [-0.05, 0) is 101 Å². The maximum atomic E-state index is 2.46. The smallest absolute Gasteiger partial charge is 0.179 e. The number of rotatable bonds is 11. The van der Waals surface area contributed by atoms with Crippen molar-refractivity contribution in [3.05, 3.63) is 320 Å². The molecule has 326 valence electrons. The minimum absolute atomic E-state index is 0.521. The fraction of sp³-hybridized carbons (Fsp3) is 0.0149. The standard InChI is InChI=1S/C67H49NSi/c1-7-23-52(24-8-1)61-35-20-22-38-66(61)68(56-45-48-63-62-36-19-21-37-64(62)67(65(63)49-56,53-25-9-2-10-26-53)54-27-11-3-12-28-54)55-43-39-50(40-44-55)51-41-46-60(47-42-51)69(57-29-13-4-14-30-57,58-31-15-5-16-32-58)59-33-17-6-18-34-59/h1-49H. The number of para-hydroxylation sites is 1. The Balaban J connectivity index is 1.01. The molecule has 0 amide bonds. The predicted octanol–water partition coefficient (Wildman–Crippen LogP) is 14.2. The van der Waals surface area contributed by atoms with E-state index in [1.54, 1.807) is 0 Å². The van der Waals surface area contributed by atoms with Crippen molar-refractivity contribution in [3.63, 3.8) is 0 Å². The zero-order valence-electron chi connectivity index (χ0n) is 38.2. The first-order chi connectivity index (χ1) is 34.2. The number of benzene rings is 11. The van der Waals surface area contributed by atoms with Crippen molar-refractivity contribution in [1.29, 1.82) is 0 Å². The molecule has 0 aliphatic heterocycles. The van der Waals surface area contributed by atoms with Gasteiger partial charge in [0.1, 0.15) is 0 Å². The second kappa shape index (κ2) is 17.9. The second-order valence-corrected chi connectivity index (χ2v) is 21.8. The number of fused-ring (bicyclic) bond motifs is 3. The van der Waals surface area contributed by atoms with Gasteiger partial charge in [-0.1, -0.05) is 267 Å². The van der Waals surface area contributed by atoms with Crippen molar-refractivity contribution < 1.29 is 0 Å². The fourth-order valence-corrected chi connectivity index (χ4v) is 16.1. The molecule has 2 heteroatoms. The van der Waals surface area contributed by atoms with E-state index in [9.17, 15) is 0 Å². The molecule has 1 aliphatic carbocycles. The molecule has 0 atom stereocenters. The highest BCUT2D eigenvalue weighted by Gasteiger charge is 2.46. The van der Waals surface area contributed by atoms with Crippen LogP contribution in [0.4, 0.5) is 17.1 Å². The Labute approximate surface area is 407 Å². The van der Waals surface area contributed by atoms with Gasteiger partial charge in [0, 0.05) is 16.9 Å². The van der Waals surface area contributed by atoms with E-state index < -0.39 is 13.5 Å². The zero-order valence-corrected chi connectivity index (χ0v) is 39.2.